The Hall–Kier alpha value is -2.26. The van der Waals surface area contributed by atoms with Crippen LogP contribution in [0.4, 0.5) is 5.82 Å². The number of methoxy groups -OCH3 is 1. The van der Waals surface area contributed by atoms with Crippen molar-refractivity contribution in [2.75, 3.05) is 57.9 Å². The van der Waals surface area contributed by atoms with Crippen LogP contribution in [0.25, 0.3) is 5.78 Å². The number of hydrogen-bond acceptors (Lipinski definition) is 7. The van der Waals surface area contributed by atoms with Crippen LogP contribution in [-0.2, 0) is 9.53 Å². The Morgan fingerprint density at radius 3 is 2.88 bits per heavy atom. The van der Waals surface area contributed by atoms with Crippen LogP contribution in [0.15, 0.2) is 12.4 Å². The largest absolute Gasteiger partial charge is 0.385 e. The number of fused-ring (bicyclic) bond motifs is 1. The SMILES string of the molecule is COCCCNC(=O)CN1CCN(c2cc(C)nc3ncnn23)CC1. The average molecular weight is 347 g/mol. The van der Waals surface area contributed by atoms with E-state index in [1.807, 2.05) is 13.0 Å². The number of hydrogen-bond donors (Lipinski definition) is 1. The second-order valence-electron chi connectivity index (χ2n) is 6.19. The molecule has 25 heavy (non-hydrogen) atoms. The summed E-state index contributed by atoms with van der Waals surface area (Å²) < 4.78 is 6.75. The van der Waals surface area contributed by atoms with Crippen molar-refractivity contribution in [3.05, 3.63) is 18.1 Å². The molecule has 0 unspecified atom stereocenters. The molecule has 1 amide bonds. The number of aromatic nitrogens is 4. The topological polar surface area (TPSA) is 87.9 Å². The Kier molecular flexibility index (Phi) is 5.77. The molecule has 0 bridgehead atoms. The number of ether oxygens (including phenoxy) is 1. The molecule has 1 fully saturated rings. The highest BCUT2D eigenvalue weighted by molar-refractivity contribution is 5.78. The summed E-state index contributed by atoms with van der Waals surface area (Å²) in [4.78, 5) is 25.0. The van der Waals surface area contributed by atoms with E-state index in [2.05, 4.69) is 30.2 Å². The van der Waals surface area contributed by atoms with E-state index in [-0.39, 0.29) is 5.91 Å². The predicted molar refractivity (Wildman–Crippen MR) is 93.7 cm³/mol. The van der Waals surface area contributed by atoms with Gasteiger partial charge in [0.05, 0.1) is 6.54 Å². The molecule has 1 N–H and O–H groups in total. The Morgan fingerprint density at radius 2 is 2.12 bits per heavy atom. The smallest absolute Gasteiger partial charge is 0.254 e. The lowest BCUT2D eigenvalue weighted by molar-refractivity contribution is -0.122. The van der Waals surface area contributed by atoms with Crippen LogP contribution in [0.1, 0.15) is 12.1 Å². The molecule has 0 aliphatic carbocycles. The van der Waals surface area contributed by atoms with E-state index in [0.29, 0.717) is 25.5 Å². The number of piperazine rings is 1. The molecule has 9 nitrogen and oxygen atoms in total. The van der Waals surface area contributed by atoms with Crippen molar-refractivity contribution in [2.45, 2.75) is 13.3 Å². The first kappa shape index (κ1) is 17.6. The lowest BCUT2D eigenvalue weighted by atomic mass is 10.3. The van der Waals surface area contributed by atoms with Crippen LogP contribution in [0.3, 0.4) is 0 Å². The van der Waals surface area contributed by atoms with Crippen molar-refractivity contribution >= 4 is 17.5 Å². The number of carbonyl (C=O) groups excluding carboxylic acids is 1. The van der Waals surface area contributed by atoms with E-state index >= 15 is 0 Å². The number of carbonyl (C=O) groups is 1. The minimum absolute atomic E-state index is 0.0722. The molecule has 2 aromatic rings. The van der Waals surface area contributed by atoms with Crippen LogP contribution in [-0.4, -0.2) is 83.4 Å². The fraction of sp³-hybridized carbons (Fsp3) is 0.625. The molecule has 136 valence electrons. The molecule has 2 aromatic heterocycles. The van der Waals surface area contributed by atoms with Gasteiger partial charge in [-0.15, -0.1) is 0 Å². The number of aryl methyl sites for hydroxylation is 1. The number of nitrogens with zero attached hydrogens (tertiary/aromatic N) is 6. The molecule has 3 rings (SSSR count). The Bertz CT molecular complexity index is 710. The number of nitrogens with one attached hydrogen (secondary N) is 1. The minimum atomic E-state index is 0.0722. The third kappa shape index (κ3) is 4.43. The van der Waals surface area contributed by atoms with Crippen LogP contribution >= 0.6 is 0 Å². The zero-order valence-corrected chi connectivity index (χ0v) is 14.8. The van der Waals surface area contributed by atoms with Gasteiger partial charge in [0, 0.05) is 58.2 Å². The molecule has 0 radical (unpaired) electrons. The maximum absolute atomic E-state index is 12.0. The molecular formula is C16H25N7O2. The van der Waals surface area contributed by atoms with Gasteiger partial charge < -0.3 is 15.0 Å². The second-order valence-corrected chi connectivity index (χ2v) is 6.19. The van der Waals surface area contributed by atoms with Crippen molar-refractivity contribution in [1.82, 2.24) is 29.8 Å². The summed E-state index contributed by atoms with van der Waals surface area (Å²) in [5, 5.41) is 7.20. The first-order chi connectivity index (χ1) is 12.2. The van der Waals surface area contributed by atoms with Crippen LogP contribution in [0.2, 0.25) is 0 Å². The number of rotatable bonds is 7. The van der Waals surface area contributed by atoms with Gasteiger partial charge in [0.1, 0.15) is 12.1 Å². The summed E-state index contributed by atoms with van der Waals surface area (Å²) in [6.45, 7) is 7.09. The fourth-order valence-electron chi connectivity index (χ4n) is 2.97. The molecule has 9 heteroatoms. The van der Waals surface area contributed by atoms with Crippen molar-refractivity contribution < 1.29 is 9.53 Å². The van der Waals surface area contributed by atoms with Gasteiger partial charge in [-0.25, -0.2) is 4.98 Å². The first-order valence-corrected chi connectivity index (χ1v) is 8.57. The standard InChI is InChI=1S/C16H25N7O2/c1-13-10-15(23-16(20-13)18-12-19-23)22-7-5-21(6-8-22)11-14(24)17-4-3-9-25-2/h10,12H,3-9,11H2,1-2H3,(H,17,24). The van der Waals surface area contributed by atoms with Gasteiger partial charge in [-0.2, -0.15) is 14.6 Å². The van der Waals surface area contributed by atoms with Gasteiger partial charge in [0.2, 0.25) is 5.91 Å². The predicted octanol–water partition coefficient (Wildman–Crippen LogP) is -0.293. The van der Waals surface area contributed by atoms with Crippen molar-refractivity contribution in [2.24, 2.45) is 0 Å². The summed E-state index contributed by atoms with van der Waals surface area (Å²) in [5.74, 6) is 1.69. The van der Waals surface area contributed by atoms with Crippen molar-refractivity contribution in [3.63, 3.8) is 0 Å². The molecule has 0 atom stereocenters. The number of amides is 1. The van der Waals surface area contributed by atoms with Crippen LogP contribution in [0.5, 0.6) is 0 Å². The summed E-state index contributed by atoms with van der Waals surface area (Å²) >= 11 is 0. The van der Waals surface area contributed by atoms with E-state index < -0.39 is 0 Å². The molecule has 1 aliphatic rings. The molecule has 3 heterocycles. The van der Waals surface area contributed by atoms with E-state index in [1.165, 1.54) is 6.33 Å². The van der Waals surface area contributed by atoms with Gasteiger partial charge in [-0.1, -0.05) is 0 Å². The van der Waals surface area contributed by atoms with E-state index in [0.717, 1.165) is 44.1 Å². The first-order valence-electron chi connectivity index (χ1n) is 8.57. The lowest BCUT2D eigenvalue weighted by Crippen LogP contribution is -2.50. The maximum Gasteiger partial charge on any atom is 0.254 e. The zero-order valence-electron chi connectivity index (χ0n) is 14.8. The molecule has 0 saturated carbocycles. The third-order valence-electron chi connectivity index (χ3n) is 4.27. The molecule has 0 spiro atoms. The minimum Gasteiger partial charge on any atom is -0.385 e. The highest BCUT2D eigenvalue weighted by Gasteiger charge is 2.21. The van der Waals surface area contributed by atoms with Gasteiger partial charge in [0.15, 0.2) is 0 Å². The molecule has 1 saturated heterocycles. The highest BCUT2D eigenvalue weighted by atomic mass is 16.5. The third-order valence-corrected chi connectivity index (χ3v) is 4.27. The van der Waals surface area contributed by atoms with Gasteiger partial charge in [-0.3, -0.25) is 9.69 Å². The van der Waals surface area contributed by atoms with Gasteiger partial charge >= 0.3 is 0 Å². The number of anilines is 1. The molecule has 1 aliphatic heterocycles. The van der Waals surface area contributed by atoms with E-state index in [9.17, 15) is 4.79 Å². The maximum atomic E-state index is 12.0. The van der Waals surface area contributed by atoms with Crippen LogP contribution < -0.4 is 10.2 Å². The van der Waals surface area contributed by atoms with Crippen molar-refractivity contribution in [1.29, 1.82) is 0 Å². The Labute approximate surface area is 147 Å². The normalized spacial score (nSPS) is 15.7. The van der Waals surface area contributed by atoms with E-state index in [4.69, 9.17) is 4.74 Å². The van der Waals surface area contributed by atoms with Gasteiger partial charge in [-0.05, 0) is 13.3 Å². The summed E-state index contributed by atoms with van der Waals surface area (Å²) in [5.41, 5.74) is 0.924. The summed E-state index contributed by atoms with van der Waals surface area (Å²) in [7, 11) is 1.67. The average Bonchev–Trinajstić information content (AvgIpc) is 3.07. The van der Waals surface area contributed by atoms with Gasteiger partial charge in [0.25, 0.3) is 5.78 Å². The quantitative estimate of drug-likeness (QED) is 0.689. The van der Waals surface area contributed by atoms with Crippen LogP contribution in [0, 0.1) is 6.92 Å². The Balaban J connectivity index is 1.51. The second kappa shape index (κ2) is 8.21. The molecule has 0 aromatic carbocycles. The Morgan fingerprint density at radius 1 is 1.32 bits per heavy atom. The summed E-state index contributed by atoms with van der Waals surface area (Å²) in [6.07, 6.45) is 2.36. The van der Waals surface area contributed by atoms with E-state index in [1.54, 1.807) is 11.6 Å². The monoisotopic (exact) mass is 347 g/mol. The highest BCUT2D eigenvalue weighted by Crippen LogP contribution is 2.17. The van der Waals surface area contributed by atoms with Crippen molar-refractivity contribution in [3.8, 4) is 0 Å². The lowest BCUT2D eigenvalue weighted by Gasteiger charge is -2.35. The fourth-order valence-corrected chi connectivity index (χ4v) is 2.97. The zero-order chi connectivity index (χ0) is 17.6. The summed E-state index contributed by atoms with van der Waals surface area (Å²) in [6, 6.07) is 2.03. The molecular weight excluding hydrogens is 322 g/mol.